The molecule has 0 unspecified atom stereocenters. The maximum Gasteiger partial charge on any atom is 0.243 e. The molecule has 8 nitrogen and oxygen atoms in total. The number of aromatic nitrogens is 1. The van der Waals surface area contributed by atoms with Gasteiger partial charge in [0, 0.05) is 32.2 Å². The van der Waals surface area contributed by atoms with Gasteiger partial charge in [0.2, 0.25) is 15.9 Å². The van der Waals surface area contributed by atoms with Crippen LogP contribution in [0.15, 0.2) is 33.7 Å². The topological polar surface area (TPSA) is 95.8 Å². The van der Waals surface area contributed by atoms with E-state index in [0.29, 0.717) is 42.7 Å². The van der Waals surface area contributed by atoms with Crippen molar-refractivity contribution >= 4 is 21.7 Å². The summed E-state index contributed by atoms with van der Waals surface area (Å²) in [5.41, 5.74) is 2.43. The summed E-state index contributed by atoms with van der Waals surface area (Å²) in [6, 6.07) is 7.21. The number of hydrogen-bond acceptors (Lipinski definition) is 6. The van der Waals surface area contributed by atoms with Crippen LogP contribution in [0.4, 0.5) is 5.82 Å². The van der Waals surface area contributed by atoms with Gasteiger partial charge in [0.25, 0.3) is 0 Å². The Morgan fingerprint density at radius 2 is 1.83 bits per heavy atom. The lowest BCUT2D eigenvalue weighted by Crippen LogP contribution is -2.50. The quantitative estimate of drug-likeness (QED) is 0.796. The molecule has 1 aliphatic heterocycles. The molecule has 1 aromatic carbocycles. The molecule has 2 aliphatic rings. The molecule has 2 aromatic rings. The first-order valence-electron chi connectivity index (χ1n) is 9.99. The Bertz CT molecular complexity index is 994. The average molecular weight is 419 g/mol. The highest BCUT2D eigenvalue weighted by atomic mass is 32.2. The van der Waals surface area contributed by atoms with Gasteiger partial charge < -0.3 is 9.84 Å². The zero-order chi connectivity index (χ0) is 20.4. The number of amides is 1. The second-order valence-corrected chi connectivity index (χ2v) is 9.63. The van der Waals surface area contributed by atoms with E-state index in [1.807, 2.05) is 17.0 Å². The summed E-state index contributed by atoms with van der Waals surface area (Å²) in [4.78, 5) is 14.5. The third kappa shape index (κ3) is 4.52. The lowest BCUT2D eigenvalue weighted by molar-refractivity contribution is -0.117. The number of carbonyl (C=O) groups is 1. The van der Waals surface area contributed by atoms with Crippen molar-refractivity contribution < 1.29 is 17.7 Å². The molecule has 0 saturated carbocycles. The molecule has 0 spiro atoms. The van der Waals surface area contributed by atoms with Crippen molar-refractivity contribution in [1.82, 2.24) is 14.4 Å². The molecule has 156 valence electrons. The molecule has 1 N–H and O–H groups in total. The number of sulfonamides is 1. The zero-order valence-corrected chi connectivity index (χ0v) is 17.4. The SMILES string of the molecule is Cc1cc(NC(=O)CN2CCN(S(=O)(=O)c3ccc4c(c3)CCCC4)CC2)no1. The Morgan fingerprint density at radius 3 is 2.52 bits per heavy atom. The van der Waals surface area contributed by atoms with Crippen molar-refractivity contribution in [2.45, 2.75) is 37.5 Å². The largest absolute Gasteiger partial charge is 0.360 e. The number of anilines is 1. The highest BCUT2D eigenvalue weighted by Gasteiger charge is 2.29. The van der Waals surface area contributed by atoms with Gasteiger partial charge in [-0.25, -0.2) is 8.42 Å². The number of benzene rings is 1. The summed E-state index contributed by atoms with van der Waals surface area (Å²) in [6.45, 7) is 3.71. The van der Waals surface area contributed by atoms with E-state index in [1.54, 1.807) is 19.1 Å². The molecule has 1 saturated heterocycles. The van der Waals surface area contributed by atoms with Gasteiger partial charge in [-0.15, -0.1) is 0 Å². The van der Waals surface area contributed by atoms with Crippen molar-refractivity contribution in [3.05, 3.63) is 41.2 Å². The number of nitrogens with zero attached hydrogens (tertiary/aromatic N) is 3. The minimum Gasteiger partial charge on any atom is -0.360 e. The third-order valence-electron chi connectivity index (χ3n) is 5.55. The van der Waals surface area contributed by atoms with Crippen LogP contribution in [0.5, 0.6) is 0 Å². The summed E-state index contributed by atoms with van der Waals surface area (Å²) in [5, 5.41) is 6.43. The summed E-state index contributed by atoms with van der Waals surface area (Å²) >= 11 is 0. The summed E-state index contributed by atoms with van der Waals surface area (Å²) in [7, 11) is -3.51. The molecule has 0 atom stereocenters. The van der Waals surface area contributed by atoms with Crippen LogP contribution >= 0.6 is 0 Å². The molecule has 29 heavy (non-hydrogen) atoms. The number of rotatable bonds is 5. The van der Waals surface area contributed by atoms with E-state index in [4.69, 9.17) is 4.52 Å². The van der Waals surface area contributed by atoms with Crippen LogP contribution in [-0.4, -0.2) is 61.4 Å². The normalized spacial score (nSPS) is 18.4. The average Bonchev–Trinajstić information content (AvgIpc) is 3.12. The lowest BCUT2D eigenvalue weighted by Gasteiger charge is -2.33. The van der Waals surface area contributed by atoms with Crippen molar-refractivity contribution in [1.29, 1.82) is 0 Å². The Labute approximate surface area is 170 Å². The van der Waals surface area contributed by atoms with E-state index in [0.717, 1.165) is 24.8 Å². The van der Waals surface area contributed by atoms with Gasteiger partial charge in [-0.1, -0.05) is 11.2 Å². The molecule has 0 radical (unpaired) electrons. The third-order valence-corrected chi connectivity index (χ3v) is 7.45. The van der Waals surface area contributed by atoms with Gasteiger partial charge in [-0.2, -0.15) is 4.31 Å². The first-order valence-corrected chi connectivity index (χ1v) is 11.4. The molecule has 0 bridgehead atoms. The maximum absolute atomic E-state index is 13.1. The highest BCUT2D eigenvalue weighted by Crippen LogP contribution is 2.26. The van der Waals surface area contributed by atoms with Crippen LogP contribution in [0.25, 0.3) is 0 Å². The standard InChI is InChI=1S/C20H26N4O4S/c1-15-12-19(22-28-15)21-20(25)14-23-8-10-24(11-9-23)29(26,27)18-7-6-16-4-2-3-5-17(16)13-18/h6-7,12-13H,2-5,8-11,14H2,1H3,(H,21,22,25). The van der Waals surface area contributed by atoms with Gasteiger partial charge >= 0.3 is 0 Å². The summed E-state index contributed by atoms with van der Waals surface area (Å²) < 4.78 is 32.6. The van der Waals surface area contributed by atoms with Crippen LogP contribution in [-0.2, 0) is 27.7 Å². The Hall–Kier alpha value is -2.23. The van der Waals surface area contributed by atoms with Gasteiger partial charge in [-0.3, -0.25) is 9.69 Å². The van der Waals surface area contributed by atoms with Gasteiger partial charge in [-0.05, 0) is 55.9 Å². The molecule has 1 fully saturated rings. The van der Waals surface area contributed by atoms with E-state index in [9.17, 15) is 13.2 Å². The van der Waals surface area contributed by atoms with Gasteiger partial charge in [0.1, 0.15) is 5.76 Å². The highest BCUT2D eigenvalue weighted by molar-refractivity contribution is 7.89. The minimum absolute atomic E-state index is 0.190. The molecular weight excluding hydrogens is 392 g/mol. The Morgan fingerprint density at radius 1 is 1.10 bits per heavy atom. The Balaban J connectivity index is 1.34. The molecule has 2 heterocycles. The van der Waals surface area contributed by atoms with Crippen LogP contribution in [0.3, 0.4) is 0 Å². The fraction of sp³-hybridized carbons (Fsp3) is 0.500. The number of carbonyl (C=O) groups excluding carboxylic acids is 1. The van der Waals surface area contributed by atoms with Crippen LogP contribution in [0.1, 0.15) is 29.7 Å². The number of nitrogens with one attached hydrogen (secondary N) is 1. The number of hydrogen-bond donors (Lipinski definition) is 1. The van der Waals surface area contributed by atoms with Crippen molar-refractivity contribution in [3.63, 3.8) is 0 Å². The second-order valence-electron chi connectivity index (χ2n) is 7.69. The zero-order valence-electron chi connectivity index (χ0n) is 16.6. The summed E-state index contributed by atoms with van der Waals surface area (Å²) in [5.74, 6) is 0.826. The number of fused-ring (bicyclic) bond motifs is 1. The Kier molecular flexibility index (Phi) is 5.71. The number of aryl methyl sites for hydroxylation is 3. The predicted octanol–water partition coefficient (Wildman–Crippen LogP) is 1.81. The smallest absolute Gasteiger partial charge is 0.243 e. The number of piperazine rings is 1. The van der Waals surface area contributed by atoms with E-state index >= 15 is 0 Å². The second kappa shape index (κ2) is 8.25. The predicted molar refractivity (Wildman–Crippen MR) is 108 cm³/mol. The van der Waals surface area contributed by atoms with Crippen LogP contribution in [0.2, 0.25) is 0 Å². The maximum atomic E-state index is 13.1. The summed E-state index contributed by atoms with van der Waals surface area (Å²) in [6.07, 6.45) is 4.27. The molecule has 4 rings (SSSR count). The molecule has 1 amide bonds. The van der Waals surface area contributed by atoms with E-state index in [-0.39, 0.29) is 12.5 Å². The van der Waals surface area contributed by atoms with E-state index in [2.05, 4.69) is 10.5 Å². The monoisotopic (exact) mass is 418 g/mol. The fourth-order valence-electron chi connectivity index (χ4n) is 3.96. The van der Waals surface area contributed by atoms with Crippen molar-refractivity contribution in [2.75, 3.05) is 38.0 Å². The van der Waals surface area contributed by atoms with Crippen LogP contribution < -0.4 is 5.32 Å². The first kappa shape index (κ1) is 20.1. The fourth-order valence-corrected chi connectivity index (χ4v) is 5.43. The molecule has 9 heteroatoms. The lowest BCUT2D eigenvalue weighted by atomic mass is 9.92. The molecular formula is C20H26N4O4S. The van der Waals surface area contributed by atoms with Crippen LogP contribution in [0, 0.1) is 6.92 Å². The van der Waals surface area contributed by atoms with E-state index < -0.39 is 10.0 Å². The van der Waals surface area contributed by atoms with Gasteiger partial charge in [0.05, 0.1) is 11.4 Å². The van der Waals surface area contributed by atoms with Gasteiger partial charge in [0.15, 0.2) is 5.82 Å². The van der Waals surface area contributed by atoms with Crippen molar-refractivity contribution in [3.8, 4) is 0 Å². The van der Waals surface area contributed by atoms with Crippen molar-refractivity contribution in [2.24, 2.45) is 0 Å². The first-order chi connectivity index (χ1) is 13.9. The molecule has 1 aliphatic carbocycles. The van der Waals surface area contributed by atoms with E-state index in [1.165, 1.54) is 16.3 Å². The minimum atomic E-state index is -3.51. The molecule has 1 aromatic heterocycles.